The number of rotatable bonds is 4. The minimum atomic E-state index is 0.349. The predicted octanol–water partition coefficient (Wildman–Crippen LogP) is 3.01. The first-order valence-electron chi connectivity index (χ1n) is 9.23. The Morgan fingerprint density at radius 2 is 2.00 bits per heavy atom. The first kappa shape index (κ1) is 17.0. The van der Waals surface area contributed by atoms with E-state index in [1.165, 1.54) is 16.7 Å². The molecule has 0 unspecified atom stereocenters. The Labute approximate surface area is 154 Å². The van der Waals surface area contributed by atoms with Crippen LogP contribution in [0.4, 0.5) is 11.5 Å². The maximum atomic E-state index is 6.03. The molecule has 1 saturated heterocycles. The molecule has 2 aromatic heterocycles. The third kappa shape index (κ3) is 3.43. The van der Waals surface area contributed by atoms with E-state index >= 15 is 0 Å². The van der Waals surface area contributed by atoms with Crippen molar-refractivity contribution in [3.8, 4) is 0 Å². The molecule has 26 heavy (non-hydrogen) atoms. The minimum absolute atomic E-state index is 0.349. The molecule has 136 valence electrons. The third-order valence-corrected chi connectivity index (χ3v) is 5.20. The van der Waals surface area contributed by atoms with E-state index in [1.807, 2.05) is 10.7 Å². The van der Waals surface area contributed by atoms with Gasteiger partial charge >= 0.3 is 0 Å². The molecule has 6 heteroatoms. The molecule has 1 aliphatic heterocycles. The summed E-state index contributed by atoms with van der Waals surface area (Å²) in [7, 11) is 0. The molecule has 3 N–H and O–H groups in total. The van der Waals surface area contributed by atoms with Crippen LogP contribution in [0.2, 0.25) is 0 Å². The van der Waals surface area contributed by atoms with Crippen LogP contribution in [0.15, 0.2) is 36.8 Å². The lowest BCUT2D eigenvalue weighted by Crippen LogP contribution is -2.39. The van der Waals surface area contributed by atoms with E-state index in [0.29, 0.717) is 6.04 Å². The molecule has 0 atom stereocenters. The van der Waals surface area contributed by atoms with Gasteiger partial charge in [-0.3, -0.25) is 4.90 Å². The van der Waals surface area contributed by atoms with E-state index < -0.39 is 0 Å². The van der Waals surface area contributed by atoms with Crippen molar-refractivity contribution in [1.82, 2.24) is 19.5 Å². The van der Waals surface area contributed by atoms with Gasteiger partial charge in [0.25, 0.3) is 0 Å². The van der Waals surface area contributed by atoms with Gasteiger partial charge < -0.3 is 11.1 Å². The maximum absolute atomic E-state index is 6.03. The molecule has 1 fully saturated rings. The normalized spacial score (nSPS) is 16.3. The van der Waals surface area contributed by atoms with E-state index in [2.05, 4.69) is 58.4 Å². The number of nitrogens with two attached hydrogens (primary N) is 1. The summed E-state index contributed by atoms with van der Waals surface area (Å²) in [6, 6.07) is 8.89. The van der Waals surface area contributed by atoms with Gasteiger partial charge in [0, 0.05) is 24.5 Å². The second-order valence-corrected chi connectivity index (χ2v) is 7.30. The zero-order valence-electron chi connectivity index (χ0n) is 15.4. The fourth-order valence-electron chi connectivity index (χ4n) is 3.67. The third-order valence-electron chi connectivity index (χ3n) is 5.20. The van der Waals surface area contributed by atoms with E-state index in [1.54, 1.807) is 6.33 Å². The van der Waals surface area contributed by atoms with Crippen molar-refractivity contribution >= 4 is 17.0 Å². The molecule has 3 heterocycles. The van der Waals surface area contributed by atoms with E-state index in [-0.39, 0.29) is 0 Å². The molecule has 0 amide bonds. The van der Waals surface area contributed by atoms with E-state index in [9.17, 15) is 0 Å². The predicted molar refractivity (Wildman–Crippen MR) is 105 cm³/mol. The first-order chi connectivity index (χ1) is 12.6. The second kappa shape index (κ2) is 7.05. The molecule has 0 radical (unpaired) electrons. The highest BCUT2D eigenvalue weighted by molar-refractivity contribution is 5.77. The van der Waals surface area contributed by atoms with Crippen LogP contribution in [0.3, 0.4) is 0 Å². The number of nitrogens with one attached hydrogen (secondary N) is 1. The molecule has 4 rings (SSSR count). The highest BCUT2D eigenvalue weighted by Gasteiger charge is 2.19. The molecular weight excluding hydrogens is 324 g/mol. The van der Waals surface area contributed by atoms with Crippen LogP contribution in [0.1, 0.15) is 29.5 Å². The molecule has 3 aromatic rings. The SMILES string of the molecule is Cc1ccc(Nc2ncnn3ccc(CN4CCC(N)CC4)c23)c(C)c1. The summed E-state index contributed by atoms with van der Waals surface area (Å²) in [4.78, 5) is 6.99. The fourth-order valence-corrected chi connectivity index (χ4v) is 3.67. The number of anilines is 2. The summed E-state index contributed by atoms with van der Waals surface area (Å²) in [6.45, 7) is 7.22. The van der Waals surface area contributed by atoms with Crippen molar-refractivity contribution in [2.24, 2.45) is 5.73 Å². The molecule has 0 aliphatic carbocycles. The summed E-state index contributed by atoms with van der Waals surface area (Å²) >= 11 is 0. The molecular formula is C20H26N6. The molecule has 1 aliphatic rings. The maximum Gasteiger partial charge on any atom is 0.158 e. The lowest BCUT2D eigenvalue weighted by Gasteiger charge is -2.29. The number of fused-ring (bicyclic) bond motifs is 1. The number of hydrogen-bond donors (Lipinski definition) is 2. The fraction of sp³-hybridized carbons (Fsp3) is 0.400. The largest absolute Gasteiger partial charge is 0.338 e. The number of aryl methyl sites for hydroxylation is 2. The number of aromatic nitrogens is 3. The van der Waals surface area contributed by atoms with Crippen LogP contribution < -0.4 is 11.1 Å². The van der Waals surface area contributed by atoms with Gasteiger partial charge in [-0.2, -0.15) is 5.10 Å². The number of hydrogen-bond acceptors (Lipinski definition) is 5. The van der Waals surface area contributed by atoms with Crippen LogP contribution in [-0.2, 0) is 6.54 Å². The van der Waals surface area contributed by atoms with Gasteiger partial charge in [-0.25, -0.2) is 9.50 Å². The van der Waals surface area contributed by atoms with Crippen LogP contribution in [0.5, 0.6) is 0 Å². The van der Waals surface area contributed by atoms with Crippen LogP contribution in [-0.4, -0.2) is 38.6 Å². The Morgan fingerprint density at radius 1 is 1.19 bits per heavy atom. The van der Waals surface area contributed by atoms with Crippen LogP contribution in [0.25, 0.3) is 5.52 Å². The van der Waals surface area contributed by atoms with Gasteiger partial charge in [-0.1, -0.05) is 17.7 Å². The van der Waals surface area contributed by atoms with Crippen molar-refractivity contribution in [3.63, 3.8) is 0 Å². The lowest BCUT2D eigenvalue weighted by molar-refractivity contribution is 0.206. The highest BCUT2D eigenvalue weighted by atomic mass is 15.3. The van der Waals surface area contributed by atoms with Gasteiger partial charge in [0.15, 0.2) is 5.82 Å². The van der Waals surface area contributed by atoms with Gasteiger partial charge in [-0.05, 0) is 63.0 Å². The Kier molecular flexibility index (Phi) is 4.61. The highest BCUT2D eigenvalue weighted by Crippen LogP contribution is 2.26. The molecule has 0 saturated carbocycles. The van der Waals surface area contributed by atoms with Gasteiger partial charge in [0.1, 0.15) is 11.8 Å². The zero-order valence-corrected chi connectivity index (χ0v) is 15.4. The lowest BCUT2D eigenvalue weighted by atomic mass is 10.1. The zero-order chi connectivity index (χ0) is 18.1. The first-order valence-corrected chi connectivity index (χ1v) is 9.23. The van der Waals surface area contributed by atoms with Crippen molar-refractivity contribution in [3.05, 3.63) is 53.5 Å². The van der Waals surface area contributed by atoms with Crippen molar-refractivity contribution in [2.45, 2.75) is 39.3 Å². The number of likely N-dealkylation sites (tertiary alicyclic amines) is 1. The van der Waals surface area contributed by atoms with Crippen molar-refractivity contribution in [2.75, 3.05) is 18.4 Å². The average Bonchev–Trinajstić information content (AvgIpc) is 3.03. The molecule has 0 bridgehead atoms. The van der Waals surface area contributed by atoms with Crippen molar-refractivity contribution in [1.29, 1.82) is 0 Å². The Hall–Kier alpha value is -2.44. The van der Waals surface area contributed by atoms with Crippen molar-refractivity contribution < 1.29 is 0 Å². The molecule has 0 spiro atoms. The summed E-state index contributed by atoms with van der Waals surface area (Å²) in [5.74, 6) is 0.848. The average molecular weight is 350 g/mol. The standard InChI is InChI=1S/C20H26N6/c1-14-3-4-18(15(2)11-14)24-20-19-16(5-10-26(19)23-13-22-20)12-25-8-6-17(21)7-9-25/h3-5,10-11,13,17H,6-9,12,21H2,1-2H3,(H,22,23,24). The molecule has 1 aromatic carbocycles. The summed E-state index contributed by atoms with van der Waals surface area (Å²) in [5.41, 5.74) is 11.9. The Morgan fingerprint density at radius 3 is 2.77 bits per heavy atom. The van der Waals surface area contributed by atoms with E-state index in [4.69, 9.17) is 5.73 Å². The summed E-state index contributed by atoms with van der Waals surface area (Å²) in [6.07, 6.45) is 5.74. The Bertz CT molecular complexity index is 908. The van der Waals surface area contributed by atoms with Crippen LogP contribution >= 0.6 is 0 Å². The van der Waals surface area contributed by atoms with E-state index in [0.717, 1.165) is 49.5 Å². The smallest absolute Gasteiger partial charge is 0.158 e. The molecule has 6 nitrogen and oxygen atoms in total. The summed E-state index contributed by atoms with van der Waals surface area (Å²) in [5, 5.41) is 7.88. The topological polar surface area (TPSA) is 71.5 Å². The van der Waals surface area contributed by atoms with Crippen LogP contribution in [0, 0.1) is 13.8 Å². The number of nitrogens with zero attached hydrogens (tertiary/aromatic N) is 4. The van der Waals surface area contributed by atoms with Gasteiger partial charge in [-0.15, -0.1) is 0 Å². The Balaban J connectivity index is 1.64. The minimum Gasteiger partial charge on any atom is -0.338 e. The van der Waals surface area contributed by atoms with Gasteiger partial charge in [0.05, 0.1) is 0 Å². The second-order valence-electron chi connectivity index (χ2n) is 7.30. The monoisotopic (exact) mass is 350 g/mol. The number of benzene rings is 1. The van der Waals surface area contributed by atoms with Gasteiger partial charge in [0.2, 0.25) is 0 Å². The number of piperidine rings is 1. The quantitative estimate of drug-likeness (QED) is 0.757. The summed E-state index contributed by atoms with van der Waals surface area (Å²) < 4.78 is 1.91.